The highest BCUT2D eigenvalue weighted by atomic mass is 32.1. The van der Waals surface area contributed by atoms with Crippen molar-refractivity contribution >= 4 is 56.5 Å². The van der Waals surface area contributed by atoms with E-state index < -0.39 is 46.3 Å². The molecule has 4 N–H and O–H groups in total. The first-order valence-corrected chi connectivity index (χ1v) is 20.3. The Morgan fingerprint density at radius 3 is 1.74 bits per heavy atom. The second kappa shape index (κ2) is 18.1. The third kappa shape index (κ3) is 11.1. The molecule has 0 aliphatic carbocycles. The molecule has 6 aromatic rings. The van der Waals surface area contributed by atoms with Gasteiger partial charge in [-0.15, -0.1) is 11.3 Å². The smallest absolute Gasteiger partial charge is 0.429 e. The van der Waals surface area contributed by atoms with Crippen molar-refractivity contribution in [1.82, 2.24) is 40.6 Å². The fraction of sp³-hybridized carbons (Fsp3) is 0.295. The summed E-state index contributed by atoms with van der Waals surface area (Å²) < 4.78 is 11.6. The van der Waals surface area contributed by atoms with Crippen LogP contribution in [-0.2, 0) is 35.7 Å². The molecule has 320 valence electrons. The van der Waals surface area contributed by atoms with Crippen LogP contribution < -0.4 is 21.8 Å². The van der Waals surface area contributed by atoms with Crippen molar-refractivity contribution in [2.45, 2.75) is 85.8 Å². The van der Waals surface area contributed by atoms with E-state index in [1.165, 1.54) is 29.5 Å². The minimum Gasteiger partial charge on any atom is -0.442 e. The van der Waals surface area contributed by atoms with Crippen molar-refractivity contribution in [3.63, 3.8) is 0 Å². The number of amides is 4. The number of carbonyl (C=O) groups is 4. The average Bonchev–Trinajstić information content (AvgIpc) is 3.59. The first kappa shape index (κ1) is 44.2. The Kier molecular flexibility index (Phi) is 12.9. The predicted octanol–water partition coefficient (Wildman–Crippen LogP) is 6.35. The van der Waals surface area contributed by atoms with Gasteiger partial charge in [-0.1, -0.05) is 48.5 Å². The Labute approximate surface area is 359 Å². The van der Waals surface area contributed by atoms with Crippen molar-refractivity contribution in [3.05, 3.63) is 138 Å². The number of hydrazine groups is 1. The van der Waals surface area contributed by atoms with Crippen LogP contribution in [0, 0.1) is 18.3 Å². The lowest BCUT2D eigenvalue weighted by atomic mass is 10.1. The van der Waals surface area contributed by atoms with Gasteiger partial charge in [-0.05, 0) is 99.9 Å². The van der Waals surface area contributed by atoms with Crippen LogP contribution >= 0.6 is 11.3 Å². The molecule has 3 heterocycles. The van der Waals surface area contributed by atoms with E-state index in [9.17, 15) is 34.0 Å². The first-order chi connectivity index (χ1) is 29.3. The van der Waals surface area contributed by atoms with Crippen molar-refractivity contribution in [2.75, 3.05) is 0 Å². The zero-order valence-corrected chi connectivity index (χ0v) is 36.0. The molecule has 0 fully saturated rings. The van der Waals surface area contributed by atoms with Crippen LogP contribution in [-0.4, -0.2) is 65.2 Å². The number of aryl methyl sites for hydroxylation is 1. The quantitative estimate of drug-likeness (QED) is 0.111. The molecule has 6 rings (SSSR count). The van der Waals surface area contributed by atoms with Gasteiger partial charge in [0.15, 0.2) is 5.82 Å². The fourth-order valence-electron chi connectivity index (χ4n) is 6.19. The number of rotatable bonds is 10. The van der Waals surface area contributed by atoms with Gasteiger partial charge in [0.25, 0.3) is 22.9 Å². The zero-order chi connectivity index (χ0) is 44.9. The number of carbonyl (C=O) groups excluding carboxylic acids is 4. The number of aromatic amines is 2. The molecule has 0 radical (unpaired) electrons. The van der Waals surface area contributed by atoms with Crippen LogP contribution in [0.1, 0.15) is 96.2 Å². The molecule has 0 bridgehead atoms. The van der Waals surface area contributed by atoms with Crippen LogP contribution in [0.3, 0.4) is 0 Å². The molecular formula is C44H45N9O8S. The molecule has 18 heteroatoms. The van der Waals surface area contributed by atoms with Crippen molar-refractivity contribution in [1.29, 1.82) is 5.26 Å². The number of nitrogens with one attached hydrogen (secondary N) is 4. The molecular weight excluding hydrogens is 815 g/mol. The molecule has 0 aliphatic rings. The maximum Gasteiger partial charge on any atom is 0.429 e. The summed E-state index contributed by atoms with van der Waals surface area (Å²) in [5.41, 5.74) is 0.902. The van der Waals surface area contributed by atoms with Gasteiger partial charge < -0.3 is 30.1 Å². The van der Waals surface area contributed by atoms with Gasteiger partial charge in [0, 0.05) is 13.1 Å². The molecule has 0 atom stereocenters. The molecule has 3 aromatic carbocycles. The molecule has 62 heavy (non-hydrogen) atoms. The molecule has 3 aromatic heterocycles. The molecule has 4 amide bonds. The third-order valence-electron chi connectivity index (χ3n) is 8.95. The van der Waals surface area contributed by atoms with Crippen LogP contribution in [0.5, 0.6) is 0 Å². The summed E-state index contributed by atoms with van der Waals surface area (Å²) in [6.45, 7) is 11.8. The van der Waals surface area contributed by atoms with E-state index in [-0.39, 0.29) is 54.3 Å². The second-order valence-corrected chi connectivity index (χ2v) is 17.2. The van der Waals surface area contributed by atoms with Crippen LogP contribution in [0.15, 0.2) is 81.7 Å². The van der Waals surface area contributed by atoms with E-state index in [4.69, 9.17) is 9.47 Å². The number of H-pyrrole nitrogens is 2. The van der Waals surface area contributed by atoms with Crippen LogP contribution in [0.25, 0.3) is 21.1 Å². The van der Waals surface area contributed by atoms with Gasteiger partial charge >= 0.3 is 12.2 Å². The van der Waals surface area contributed by atoms with E-state index in [0.717, 1.165) is 15.6 Å². The second-order valence-electron chi connectivity index (χ2n) is 16.4. The highest BCUT2D eigenvalue weighted by Crippen LogP contribution is 2.23. The Bertz CT molecular complexity index is 2860. The van der Waals surface area contributed by atoms with Crippen LogP contribution in [0.2, 0.25) is 0 Å². The summed E-state index contributed by atoms with van der Waals surface area (Å²) in [6, 6.07) is 20.4. The molecule has 0 saturated carbocycles. The summed E-state index contributed by atoms with van der Waals surface area (Å²) in [7, 11) is 0. The zero-order valence-electron chi connectivity index (χ0n) is 35.2. The minimum absolute atomic E-state index is 0.0157. The lowest BCUT2D eigenvalue weighted by Gasteiger charge is -2.37. The topological polar surface area (TPSA) is 233 Å². The number of aromatic nitrogens is 4. The third-order valence-corrected chi connectivity index (χ3v) is 9.94. The standard InChI is InChI=1S/C44H45N9O8S/c1-25-24-62-40-33(25)37(55)50-35(51-40)39(57)47-21-28-11-9-13-30(17-28)23-53(42(59)61-44(5,6)7)52(41(58)60-43(2,3)4)22-29-12-8-10-27(16-29)20-46-38(56)34-48-32-15-14-26(19-45)18-31(32)36(54)49-34/h8-18,24H,20-23H2,1-7H3,(H,46,56)(H,47,57)(H,48,49,54)(H,50,51,55). The van der Waals surface area contributed by atoms with Gasteiger partial charge in [-0.2, -0.15) is 5.26 Å². The number of ether oxygens (including phenoxy) is 2. The number of fused-ring (bicyclic) bond motifs is 2. The normalized spacial score (nSPS) is 11.5. The SMILES string of the molecule is Cc1csc2nc(C(=O)NCc3cccc(CN(C(=O)OC(C)(C)C)N(Cc4cccc(CNC(=O)c5nc6ccc(C#N)cc6c(=O)[nH]5)c4)C(=O)OC(C)(C)C)c3)[nH]c(=O)c12. The Morgan fingerprint density at radius 2 is 1.23 bits per heavy atom. The highest BCUT2D eigenvalue weighted by molar-refractivity contribution is 7.16. The van der Waals surface area contributed by atoms with E-state index in [1.54, 1.807) is 102 Å². The largest absolute Gasteiger partial charge is 0.442 e. The minimum atomic E-state index is -0.943. The first-order valence-electron chi connectivity index (χ1n) is 19.4. The summed E-state index contributed by atoms with van der Waals surface area (Å²) in [5, 5.41) is 19.4. The average molecular weight is 860 g/mol. The molecule has 0 aliphatic heterocycles. The molecule has 17 nitrogen and oxygen atoms in total. The summed E-state index contributed by atoms with van der Waals surface area (Å²) in [4.78, 5) is 93.7. The van der Waals surface area contributed by atoms with Crippen molar-refractivity contribution in [3.8, 4) is 6.07 Å². The Hall–Kier alpha value is -7.39. The highest BCUT2D eigenvalue weighted by Gasteiger charge is 2.34. The number of hydrogen-bond acceptors (Lipinski definition) is 12. The van der Waals surface area contributed by atoms with Crippen molar-refractivity contribution < 1.29 is 28.7 Å². The summed E-state index contributed by atoms with van der Waals surface area (Å²) in [6.07, 6.45) is -1.67. The monoisotopic (exact) mass is 859 g/mol. The van der Waals surface area contributed by atoms with E-state index in [1.807, 2.05) is 6.07 Å². The maximum absolute atomic E-state index is 14.0. The van der Waals surface area contributed by atoms with Crippen molar-refractivity contribution in [2.24, 2.45) is 0 Å². The Balaban J connectivity index is 1.22. The fourth-order valence-corrected chi connectivity index (χ4v) is 7.11. The van der Waals surface area contributed by atoms with E-state index in [2.05, 4.69) is 30.6 Å². The summed E-state index contributed by atoms with van der Waals surface area (Å²) in [5.74, 6) is -1.55. The van der Waals surface area contributed by atoms with Gasteiger partial charge in [0.05, 0.1) is 41.0 Å². The van der Waals surface area contributed by atoms with Gasteiger partial charge in [-0.25, -0.2) is 29.6 Å². The molecule has 0 spiro atoms. The number of nitrogens with zero attached hydrogens (tertiary/aromatic N) is 5. The maximum atomic E-state index is 14.0. The number of thiophene rings is 1. The lowest BCUT2D eigenvalue weighted by Crippen LogP contribution is -2.51. The lowest BCUT2D eigenvalue weighted by molar-refractivity contribution is -0.0700. The number of benzene rings is 3. The number of hydrogen-bond donors (Lipinski definition) is 4. The van der Waals surface area contributed by atoms with Gasteiger partial charge in [0.1, 0.15) is 16.0 Å². The molecule has 0 unspecified atom stereocenters. The predicted molar refractivity (Wildman–Crippen MR) is 231 cm³/mol. The Morgan fingerprint density at radius 1 is 0.726 bits per heavy atom. The van der Waals surface area contributed by atoms with Gasteiger partial charge in [0.2, 0.25) is 5.82 Å². The number of nitriles is 1. The van der Waals surface area contributed by atoms with Gasteiger partial charge in [-0.3, -0.25) is 19.2 Å². The molecule has 0 saturated heterocycles. The van der Waals surface area contributed by atoms with E-state index in [0.29, 0.717) is 32.5 Å². The summed E-state index contributed by atoms with van der Waals surface area (Å²) >= 11 is 1.28. The van der Waals surface area contributed by atoms with E-state index >= 15 is 0 Å². The van der Waals surface area contributed by atoms with Crippen LogP contribution in [0.4, 0.5) is 9.59 Å².